The van der Waals surface area contributed by atoms with E-state index in [2.05, 4.69) is 37.0 Å². The van der Waals surface area contributed by atoms with Crippen LogP contribution in [0, 0.1) is 0 Å². The molecule has 0 saturated heterocycles. The Bertz CT molecular complexity index is 90.4. The first-order valence-corrected chi connectivity index (χ1v) is 6.02. The van der Waals surface area contributed by atoms with Gasteiger partial charge >= 0.3 is 0 Å². The van der Waals surface area contributed by atoms with E-state index in [0.717, 1.165) is 6.42 Å². The molecular weight excluding hydrogens is 229 g/mol. The van der Waals surface area contributed by atoms with Crippen molar-refractivity contribution in [2.75, 3.05) is 20.8 Å². The molecule has 0 atom stereocenters. The van der Waals surface area contributed by atoms with Crippen molar-refractivity contribution in [3.05, 3.63) is 0 Å². The van der Waals surface area contributed by atoms with Crippen LogP contribution >= 0.6 is 0 Å². The smallest absolute Gasteiger partial charge is 0.282 e. The van der Waals surface area contributed by atoms with Gasteiger partial charge in [-0.3, -0.25) is 0 Å². The molecule has 0 aliphatic carbocycles. The van der Waals surface area contributed by atoms with Crippen molar-refractivity contribution >= 4 is 24.1 Å². The minimum absolute atomic E-state index is 0. The lowest BCUT2D eigenvalue weighted by atomic mass is 10.1. The van der Waals surface area contributed by atoms with Gasteiger partial charge in [0.25, 0.3) is 24.1 Å². The fourth-order valence-electron chi connectivity index (χ4n) is 1.14. The van der Waals surface area contributed by atoms with Crippen LogP contribution in [-0.2, 0) is 14.0 Å². The molecule has 0 aromatic rings. The average molecular weight is 256 g/mol. The van der Waals surface area contributed by atoms with E-state index >= 15 is 0 Å². The van der Waals surface area contributed by atoms with Crippen LogP contribution in [0.15, 0.2) is 0 Å². The Kier molecular flexibility index (Phi) is 53.1. The van der Waals surface area contributed by atoms with Crippen molar-refractivity contribution < 1.29 is 19.4 Å². The van der Waals surface area contributed by atoms with Crippen LogP contribution in [-0.4, -0.2) is 50.4 Å². The molecular formula is C11H27B3O4. The summed E-state index contributed by atoms with van der Waals surface area (Å²) in [4.78, 5) is 0. The third-order valence-electron chi connectivity index (χ3n) is 1.87. The Morgan fingerprint density at radius 1 is 0.722 bits per heavy atom. The van der Waals surface area contributed by atoms with Gasteiger partial charge in [0.05, 0.1) is 0 Å². The van der Waals surface area contributed by atoms with Crippen molar-refractivity contribution in [2.45, 2.75) is 51.9 Å². The van der Waals surface area contributed by atoms with Crippen LogP contribution in [0.1, 0.15) is 51.9 Å². The Morgan fingerprint density at radius 2 is 1.06 bits per heavy atom. The van der Waals surface area contributed by atoms with Gasteiger partial charge in [0.15, 0.2) is 0 Å². The molecule has 0 rings (SSSR count). The van der Waals surface area contributed by atoms with Crippen molar-refractivity contribution in [3.8, 4) is 0 Å². The molecule has 0 bridgehead atoms. The second kappa shape index (κ2) is 36.0. The summed E-state index contributed by atoms with van der Waals surface area (Å²) in [7, 11) is 16.4. The minimum Gasteiger partial charge on any atom is -0.450 e. The topological polar surface area (TPSA) is 59.2 Å². The lowest BCUT2D eigenvalue weighted by Gasteiger charge is -1.99. The quantitative estimate of drug-likeness (QED) is 0.487. The number of hydrogen-bond acceptors (Lipinski definition) is 3. The first-order chi connectivity index (χ1) is 8.24. The molecule has 18 heavy (non-hydrogen) atoms. The van der Waals surface area contributed by atoms with E-state index in [0.29, 0.717) is 6.61 Å². The van der Waals surface area contributed by atoms with Gasteiger partial charge in [0.1, 0.15) is 0 Å². The highest BCUT2D eigenvalue weighted by Gasteiger charge is 1.88. The van der Waals surface area contributed by atoms with Gasteiger partial charge in [-0.1, -0.05) is 45.4 Å². The van der Waals surface area contributed by atoms with Gasteiger partial charge in [-0.05, 0) is 6.42 Å². The Labute approximate surface area is 117 Å². The van der Waals surface area contributed by atoms with E-state index in [-0.39, 0.29) is 5.48 Å². The largest absolute Gasteiger partial charge is 0.450 e. The minimum atomic E-state index is 0. The highest BCUT2D eigenvalue weighted by Crippen LogP contribution is 2.06. The maximum atomic E-state index is 4.89. The summed E-state index contributed by atoms with van der Waals surface area (Å²) in [6.07, 6.45) is 9.19. The summed E-state index contributed by atoms with van der Waals surface area (Å²) >= 11 is 0. The standard InChI is InChI=1S/C9H19BO.2CH3BO.H2O/c1-2-3-4-5-6-7-8-9-11-10;2*1-3-2;/h2-9H2,1H3;2*1H3;1H2. The summed E-state index contributed by atoms with van der Waals surface area (Å²) in [5.74, 6) is 0. The second-order valence-corrected chi connectivity index (χ2v) is 3.46. The molecule has 104 valence electrons. The fraction of sp³-hybridized carbons (Fsp3) is 1.00. The average Bonchev–Trinajstić information content (AvgIpc) is 2.30. The van der Waals surface area contributed by atoms with Crippen LogP contribution in [0.5, 0.6) is 0 Å². The lowest BCUT2D eigenvalue weighted by Crippen LogP contribution is -1.89. The molecule has 7 heteroatoms. The molecule has 0 fully saturated rings. The molecule has 0 aromatic heterocycles. The highest BCUT2D eigenvalue weighted by atomic mass is 16.4. The molecule has 0 amide bonds. The van der Waals surface area contributed by atoms with Crippen molar-refractivity contribution in [3.63, 3.8) is 0 Å². The van der Waals surface area contributed by atoms with Gasteiger partial charge in [-0.15, -0.1) is 0 Å². The van der Waals surface area contributed by atoms with Crippen LogP contribution in [0.3, 0.4) is 0 Å². The molecule has 0 saturated carbocycles. The summed E-state index contributed by atoms with van der Waals surface area (Å²) < 4.78 is 12.0. The predicted molar refractivity (Wildman–Crippen MR) is 78.8 cm³/mol. The van der Waals surface area contributed by atoms with Crippen molar-refractivity contribution in [2.24, 2.45) is 0 Å². The van der Waals surface area contributed by atoms with Crippen LogP contribution in [0.25, 0.3) is 0 Å². The zero-order valence-corrected chi connectivity index (χ0v) is 12.1. The van der Waals surface area contributed by atoms with Gasteiger partial charge in [-0.25, -0.2) is 0 Å². The molecule has 0 aliphatic heterocycles. The molecule has 2 N–H and O–H groups in total. The predicted octanol–water partition coefficient (Wildman–Crippen LogP) is 1.44. The molecule has 4 nitrogen and oxygen atoms in total. The third-order valence-corrected chi connectivity index (χ3v) is 1.87. The van der Waals surface area contributed by atoms with E-state index in [4.69, 9.17) is 8.05 Å². The third kappa shape index (κ3) is 56.1. The summed E-state index contributed by atoms with van der Waals surface area (Å²) in [6, 6.07) is 0. The number of unbranched alkanes of at least 4 members (excludes halogenated alkanes) is 6. The molecule has 0 aromatic carbocycles. The van der Waals surface area contributed by atoms with Crippen molar-refractivity contribution in [1.29, 1.82) is 0 Å². The molecule has 0 unspecified atom stereocenters. The van der Waals surface area contributed by atoms with E-state index in [9.17, 15) is 0 Å². The van der Waals surface area contributed by atoms with Crippen molar-refractivity contribution in [1.82, 2.24) is 0 Å². The Morgan fingerprint density at radius 3 is 1.39 bits per heavy atom. The van der Waals surface area contributed by atoms with Gasteiger partial charge in [0, 0.05) is 20.8 Å². The molecule has 6 radical (unpaired) electrons. The van der Waals surface area contributed by atoms with E-state index in [1.807, 2.05) is 0 Å². The number of rotatable bonds is 8. The van der Waals surface area contributed by atoms with Gasteiger partial charge < -0.3 is 19.4 Å². The van der Waals surface area contributed by atoms with Gasteiger partial charge in [-0.2, -0.15) is 0 Å². The first-order valence-electron chi connectivity index (χ1n) is 6.02. The first kappa shape index (κ1) is 26.6. The van der Waals surface area contributed by atoms with Crippen LogP contribution in [0.4, 0.5) is 0 Å². The van der Waals surface area contributed by atoms with E-state index in [1.54, 1.807) is 0 Å². The maximum absolute atomic E-state index is 4.89. The summed E-state index contributed by atoms with van der Waals surface area (Å²) in [5.41, 5.74) is 0. The maximum Gasteiger partial charge on any atom is 0.282 e. The molecule has 0 spiro atoms. The SMILES string of the molecule is O.[B]OC.[B]OC.[B]OCCCCCCCCC. The van der Waals surface area contributed by atoms with E-state index in [1.165, 1.54) is 52.7 Å². The number of hydrogen-bond donors (Lipinski definition) is 0. The highest BCUT2D eigenvalue weighted by molar-refractivity contribution is 5.98. The zero-order chi connectivity index (χ0) is 13.8. The van der Waals surface area contributed by atoms with Crippen LogP contribution < -0.4 is 0 Å². The molecule has 0 aliphatic rings. The monoisotopic (exact) mass is 256 g/mol. The Hall–Kier alpha value is 0.0348. The van der Waals surface area contributed by atoms with Crippen LogP contribution in [0.2, 0.25) is 0 Å². The molecule has 0 heterocycles. The second-order valence-electron chi connectivity index (χ2n) is 3.46. The summed E-state index contributed by atoms with van der Waals surface area (Å²) in [5, 5.41) is 0. The lowest BCUT2D eigenvalue weighted by molar-refractivity contribution is 0.332. The Balaban J connectivity index is -0.000000119. The zero-order valence-electron chi connectivity index (χ0n) is 12.1. The fourth-order valence-corrected chi connectivity index (χ4v) is 1.14. The summed E-state index contributed by atoms with van der Waals surface area (Å²) in [6.45, 7) is 2.95. The van der Waals surface area contributed by atoms with Gasteiger partial charge in [0.2, 0.25) is 0 Å². The normalized spacial score (nSPS) is 8.17. The van der Waals surface area contributed by atoms with E-state index < -0.39 is 0 Å².